The Kier molecular flexibility index (Phi) is 3.33. The molecular formula is C16H18N4O. The summed E-state index contributed by atoms with van der Waals surface area (Å²) in [5, 5.41) is 0.993. The Morgan fingerprint density at radius 2 is 2.24 bits per heavy atom. The first-order chi connectivity index (χ1) is 10.1. The minimum Gasteiger partial charge on any atom is -0.346 e. The molecule has 1 amide bonds. The van der Waals surface area contributed by atoms with Crippen molar-refractivity contribution in [2.24, 2.45) is 10.9 Å². The van der Waals surface area contributed by atoms with Gasteiger partial charge < -0.3 is 4.98 Å². The number of aromatic nitrogens is 2. The van der Waals surface area contributed by atoms with E-state index in [0.29, 0.717) is 11.6 Å². The minimum absolute atomic E-state index is 0.0520. The predicted molar refractivity (Wildman–Crippen MR) is 83.7 cm³/mol. The zero-order valence-electron chi connectivity index (χ0n) is 12.4. The normalized spacial score (nSPS) is 17.3. The Morgan fingerprint density at radius 3 is 3.00 bits per heavy atom. The van der Waals surface area contributed by atoms with Gasteiger partial charge in [-0.25, -0.2) is 9.98 Å². The number of amidine groups is 1. The fourth-order valence-electron chi connectivity index (χ4n) is 2.44. The lowest BCUT2D eigenvalue weighted by Crippen LogP contribution is -2.28. The van der Waals surface area contributed by atoms with E-state index in [1.165, 1.54) is 0 Å². The number of likely N-dealkylation sites (N-methyl/N-ethyl adjacent to an activating group) is 1. The van der Waals surface area contributed by atoms with Crippen molar-refractivity contribution < 1.29 is 4.79 Å². The highest BCUT2D eigenvalue weighted by Gasteiger charge is 2.27. The lowest BCUT2D eigenvalue weighted by Gasteiger charge is -2.12. The lowest BCUT2D eigenvalue weighted by atomic mass is 10.1. The van der Waals surface area contributed by atoms with E-state index in [9.17, 15) is 4.79 Å². The number of amides is 1. The number of carbonyl (C=O) groups excluding carboxylic acids is 1. The number of hydrogen-bond acceptors (Lipinski definition) is 3. The fraction of sp³-hybridized carbons (Fsp3) is 0.312. The van der Waals surface area contributed by atoms with Crippen molar-refractivity contribution in [1.29, 1.82) is 0 Å². The predicted octanol–water partition coefficient (Wildman–Crippen LogP) is 2.82. The average Bonchev–Trinajstić information content (AvgIpc) is 2.97. The van der Waals surface area contributed by atoms with E-state index in [4.69, 9.17) is 0 Å². The molecule has 108 valence electrons. The molecule has 0 spiro atoms. The summed E-state index contributed by atoms with van der Waals surface area (Å²) in [4.78, 5) is 25.8. The van der Waals surface area contributed by atoms with Gasteiger partial charge in [-0.2, -0.15) is 0 Å². The van der Waals surface area contributed by atoms with Gasteiger partial charge in [0, 0.05) is 36.8 Å². The zero-order valence-corrected chi connectivity index (χ0v) is 12.4. The SMILES string of the molecule is CC(C)CC1=N/C(=C\c2c[nH]c3ncccc23)C(=O)N1C. The molecule has 0 aromatic carbocycles. The van der Waals surface area contributed by atoms with Crippen LogP contribution >= 0.6 is 0 Å². The van der Waals surface area contributed by atoms with E-state index < -0.39 is 0 Å². The Balaban J connectivity index is 1.99. The second-order valence-corrected chi connectivity index (χ2v) is 5.66. The molecule has 1 aliphatic heterocycles. The van der Waals surface area contributed by atoms with Gasteiger partial charge in [0.1, 0.15) is 17.2 Å². The number of hydrogen-bond donors (Lipinski definition) is 1. The van der Waals surface area contributed by atoms with Crippen molar-refractivity contribution in [3.8, 4) is 0 Å². The van der Waals surface area contributed by atoms with Crippen molar-refractivity contribution >= 4 is 28.9 Å². The van der Waals surface area contributed by atoms with Crippen LogP contribution < -0.4 is 0 Å². The van der Waals surface area contributed by atoms with E-state index in [1.54, 1.807) is 18.1 Å². The molecule has 0 fully saturated rings. The van der Waals surface area contributed by atoms with Gasteiger partial charge >= 0.3 is 0 Å². The first-order valence-corrected chi connectivity index (χ1v) is 7.05. The summed E-state index contributed by atoms with van der Waals surface area (Å²) in [5.74, 6) is 1.25. The second-order valence-electron chi connectivity index (χ2n) is 5.66. The van der Waals surface area contributed by atoms with Crippen molar-refractivity contribution in [1.82, 2.24) is 14.9 Å². The largest absolute Gasteiger partial charge is 0.346 e. The van der Waals surface area contributed by atoms with Crippen LogP contribution in [0.2, 0.25) is 0 Å². The molecule has 0 unspecified atom stereocenters. The van der Waals surface area contributed by atoms with Crippen molar-refractivity contribution in [2.45, 2.75) is 20.3 Å². The van der Waals surface area contributed by atoms with Crippen LogP contribution in [0.5, 0.6) is 0 Å². The molecule has 0 aliphatic carbocycles. The summed E-state index contributed by atoms with van der Waals surface area (Å²) in [5.41, 5.74) is 2.23. The molecule has 5 nitrogen and oxygen atoms in total. The molecule has 21 heavy (non-hydrogen) atoms. The topological polar surface area (TPSA) is 61.4 Å². The second kappa shape index (κ2) is 5.16. The molecular weight excluding hydrogens is 264 g/mol. The molecule has 1 aliphatic rings. The summed E-state index contributed by atoms with van der Waals surface area (Å²) in [6, 6.07) is 3.86. The van der Waals surface area contributed by atoms with Crippen LogP contribution in [0, 0.1) is 5.92 Å². The summed E-state index contributed by atoms with van der Waals surface area (Å²) >= 11 is 0. The average molecular weight is 282 g/mol. The number of nitrogens with one attached hydrogen (secondary N) is 1. The van der Waals surface area contributed by atoms with Crippen LogP contribution in [0.25, 0.3) is 17.1 Å². The van der Waals surface area contributed by atoms with Crippen LogP contribution in [-0.4, -0.2) is 33.7 Å². The minimum atomic E-state index is -0.0520. The maximum absolute atomic E-state index is 12.3. The molecule has 5 heteroatoms. The maximum atomic E-state index is 12.3. The maximum Gasteiger partial charge on any atom is 0.277 e. The van der Waals surface area contributed by atoms with E-state index in [1.807, 2.05) is 24.4 Å². The number of H-pyrrole nitrogens is 1. The Morgan fingerprint density at radius 1 is 1.43 bits per heavy atom. The van der Waals surface area contributed by atoms with Gasteiger partial charge in [-0.1, -0.05) is 13.8 Å². The third-order valence-electron chi connectivity index (χ3n) is 3.53. The fourth-order valence-corrected chi connectivity index (χ4v) is 2.44. The van der Waals surface area contributed by atoms with E-state index in [2.05, 4.69) is 28.8 Å². The number of fused-ring (bicyclic) bond motifs is 1. The summed E-state index contributed by atoms with van der Waals surface area (Å²) in [6.07, 6.45) is 6.22. The molecule has 0 bridgehead atoms. The number of nitrogens with zero attached hydrogens (tertiary/aromatic N) is 3. The molecule has 0 saturated carbocycles. The third kappa shape index (κ3) is 2.46. The lowest BCUT2D eigenvalue weighted by molar-refractivity contribution is -0.121. The first-order valence-electron chi connectivity index (χ1n) is 7.05. The smallest absolute Gasteiger partial charge is 0.277 e. The quantitative estimate of drug-likeness (QED) is 0.880. The molecule has 1 N–H and O–H groups in total. The molecule has 2 aromatic rings. The number of carbonyl (C=O) groups is 1. The standard InChI is InChI=1S/C16H18N4O/c1-10(2)7-14-19-13(16(21)20(14)3)8-11-9-18-15-12(11)5-4-6-17-15/h4-6,8-10H,7H2,1-3H3,(H,17,18)/b13-8-. The van der Waals surface area contributed by atoms with Crippen molar-refractivity contribution in [3.05, 3.63) is 35.8 Å². The summed E-state index contributed by atoms with van der Waals surface area (Å²) < 4.78 is 0. The van der Waals surface area contributed by atoms with Gasteiger partial charge in [0.2, 0.25) is 0 Å². The zero-order chi connectivity index (χ0) is 15.0. The molecule has 3 heterocycles. The Bertz CT molecular complexity index is 754. The van der Waals surface area contributed by atoms with Crippen LogP contribution in [0.3, 0.4) is 0 Å². The third-order valence-corrected chi connectivity index (χ3v) is 3.53. The van der Waals surface area contributed by atoms with Crippen LogP contribution in [-0.2, 0) is 4.79 Å². The Hall–Kier alpha value is -2.43. The van der Waals surface area contributed by atoms with E-state index >= 15 is 0 Å². The highest BCUT2D eigenvalue weighted by molar-refractivity contribution is 6.14. The van der Waals surface area contributed by atoms with Gasteiger partial charge in [-0.15, -0.1) is 0 Å². The van der Waals surface area contributed by atoms with Crippen LogP contribution in [0.1, 0.15) is 25.8 Å². The summed E-state index contributed by atoms with van der Waals surface area (Å²) in [6.45, 7) is 4.24. The molecule has 2 aromatic heterocycles. The number of pyridine rings is 1. The van der Waals surface area contributed by atoms with Crippen LogP contribution in [0.4, 0.5) is 0 Å². The van der Waals surface area contributed by atoms with Crippen molar-refractivity contribution in [2.75, 3.05) is 7.05 Å². The first kappa shape index (κ1) is 13.5. The van der Waals surface area contributed by atoms with Gasteiger partial charge in [0.05, 0.1) is 0 Å². The number of aliphatic imine (C=N–C) groups is 1. The van der Waals surface area contributed by atoms with Gasteiger partial charge in [0.25, 0.3) is 5.91 Å². The molecule has 0 radical (unpaired) electrons. The van der Waals surface area contributed by atoms with E-state index in [-0.39, 0.29) is 5.91 Å². The molecule has 0 saturated heterocycles. The molecule has 0 atom stereocenters. The number of aromatic amines is 1. The van der Waals surface area contributed by atoms with Gasteiger partial charge in [-0.3, -0.25) is 9.69 Å². The number of rotatable bonds is 3. The monoisotopic (exact) mass is 282 g/mol. The summed E-state index contributed by atoms with van der Waals surface area (Å²) in [7, 11) is 1.78. The van der Waals surface area contributed by atoms with Gasteiger partial charge in [0.15, 0.2) is 0 Å². The highest BCUT2D eigenvalue weighted by Crippen LogP contribution is 2.23. The van der Waals surface area contributed by atoms with Gasteiger partial charge in [-0.05, 0) is 24.1 Å². The van der Waals surface area contributed by atoms with Crippen LogP contribution in [0.15, 0.2) is 35.2 Å². The molecule has 3 rings (SSSR count). The highest BCUT2D eigenvalue weighted by atomic mass is 16.2. The van der Waals surface area contributed by atoms with E-state index in [0.717, 1.165) is 28.9 Å². The Labute approximate surface area is 123 Å². The van der Waals surface area contributed by atoms with Crippen molar-refractivity contribution in [3.63, 3.8) is 0 Å².